The van der Waals surface area contributed by atoms with Crippen LogP contribution >= 0.6 is 0 Å². The Balaban J connectivity index is 1.82. The highest BCUT2D eigenvalue weighted by atomic mass is 32.2. The first-order valence-electron chi connectivity index (χ1n) is 9.70. The maximum atomic E-state index is 13.2. The van der Waals surface area contributed by atoms with Crippen LogP contribution < -0.4 is 4.72 Å². The molecule has 0 bridgehead atoms. The molecule has 170 valence electrons. The number of hydrogen-bond donors (Lipinski definition) is 1. The summed E-state index contributed by atoms with van der Waals surface area (Å²) in [6.45, 7) is 0. The number of alkyl halides is 3. The van der Waals surface area contributed by atoms with E-state index in [-0.39, 0.29) is 16.6 Å². The van der Waals surface area contributed by atoms with Gasteiger partial charge < -0.3 is 0 Å². The number of nitrogens with one attached hydrogen (secondary N) is 1. The van der Waals surface area contributed by atoms with Crippen molar-refractivity contribution in [2.45, 2.75) is 54.1 Å². The van der Waals surface area contributed by atoms with E-state index in [0.717, 1.165) is 44.2 Å². The highest BCUT2D eigenvalue weighted by Crippen LogP contribution is 2.35. The van der Waals surface area contributed by atoms with Crippen LogP contribution in [0.3, 0.4) is 0 Å². The zero-order chi connectivity index (χ0) is 22.9. The molecule has 0 amide bonds. The van der Waals surface area contributed by atoms with Gasteiger partial charge in [0.15, 0.2) is 0 Å². The molecule has 2 aromatic carbocycles. The molecule has 1 N–H and O–H groups in total. The normalized spacial score (nSPS) is 16.4. The lowest BCUT2D eigenvalue weighted by molar-refractivity contribution is -0.139. The van der Waals surface area contributed by atoms with Gasteiger partial charge in [-0.3, -0.25) is 4.72 Å². The predicted molar refractivity (Wildman–Crippen MR) is 111 cm³/mol. The van der Waals surface area contributed by atoms with E-state index in [2.05, 4.69) is 4.72 Å². The first-order valence-corrected chi connectivity index (χ1v) is 12.6. The van der Waals surface area contributed by atoms with Gasteiger partial charge >= 0.3 is 6.18 Å². The Morgan fingerprint density at radius 2 is 1.48 bits per heavy atom. The summed E-state index contributed by atoms with van der Waals surface area (Å²) in [5.74, 6) is 0. The lowest BCUT2D eigenvalue weighted by Crippen LogP contribution is -2.38. The molecule has 11 heteroatoms. The molecule has 1 aliphatic carbocycles. The quantitative estimate of drug-likeness (QED) is 0.667. The molecule has 1 aliphatic rings. The second-order valence-corrected chi connectivity index (χ2v) is 11.1. The summed E-state index contributed by atoms with van der Waals surface area (Å²) in [5, 5.41) is 0. The molecule has 0 spiro atoms. The third-order valence-corrected chi connectivity index (χ3v) is 8.72. The van der Waals surface area contributed by atoms with E-state index in [4.69, 9.17) is 0 Å². The van der Waals surface area contributed by atoms with Crippen LogP contribution in [0.15, 0.2) is 58.3 Å². The number of hydrogen-bond acceptors (Lipinski definition) is 4. The lowest BCUT2D eigenvalue weighted by atomic mass is 9.96. The monoisotopic (exact) mass is 476 g/mol. The summed E-state index contributed by atoms with van der Waals surface area (Å²) in [5.41, 5.74) is -1.33. The highest BCUT2D eigenvalue weighted by Gasteiger charge is 2.37. The summed E-state index contributed by atoms with van der Waals surface area (Å²) in [4.78, 5) is -0.921. The molecule has 2 aromatic rings. The fourth-order valence-electron chi connectivity index (χ4n) is 3.65. The van der Waals surface area contributed by atoms with Crippen molar-refractivity contribution in [3.8, 4) is 0 Å². The minimum atomic E-state index is -4.84. The number of halogens is 3. The van der Waals surface area contributed by atoms with E-state index in [9.17, 15) is 30.0 Å². The van der Waals surface area contributed by atoms with Gasteiger partial charge in [-0.05, 0) is 49.2 Å². The molecule has 1 saturated carbocycles. The van der Waals surface area contributed by atoms with Gasteiger partial charge in [0.05, 0.1) is 15.4 Å². The number of nitrogens with zero attached hydrogens (tertiary/aromatic N) is 1. The van der Waals surface area contributed by atoms with Crippen LogP contribution in [0.2, 0.25) is 0 Å². The SMILES string of the molecule is CN(C1CCCCC1)S(=O)(=O)c1ccc(NS(=O)(=O)c2ccccc2C(F)(F)F)cc1. The number of benzene rings is 2. The number of anilines is 1. The third-order valence-electron chi connectivity index (χ3n) is 5.35. The lowest BCUT2D eigenvalue weighted by Gasteiger charge is -2.30. The molecule has 0 aromatic heterocycles. The van der Waals surface area contributed by atoms with E-state index < -0.39 is 36.7 Å². The zero-order valence-electron chi connectivity index (χ0n) is 16.8. The van der Waals surface area contributed by atoms with Crippen LogP contribution in [-0.4, -0.2) is 34.2 Å². The molecular formula is C20H23F3N2O4S2. The van der Waals surface area contributed by atoms with Crippen molar-refractivity contribution in [3.63, 3.8) is 0 Å². The summed E-state index contributed by atoms with van der Waals surface area (Å²) in [6.07, 6.45) is -0.266. The van der Waals surface area contributed by atoms with E-state index in [1.54, 1.807) is 0 Å². The molecule has 3 rings (SSSR count). The Hall–Kier alpha value is -2.11. The number of sulfonamides is 2. The molecular weight excluding hydrogens is 453 g/mol. The Labute approximate surface area is 180 Å². The molecule has 6 nitrogen and oxygen atoms in total. The molecule has 1 fully saturated rings. The van der Waals surface area contributed by atoms with Crippen molar-refractivity contribution in [2.75, 3.05) is 11.8 Å². The maximum Gasteiger partial charge on any atom is 0.417 e. The van der Waals surface area contributed by atoms with Gasteiger partial charge in [0.2, 0.25) is 10.0 Å². The van der Waals surface area contributed by atoms with Crippen molar-refractivity contribution in [3.05, 3.63) is 54.1 Å². The van der Waals surface area contributed by atoms with Crippen molar-refractivity contribution in [1.82, 2.24) is 4.31 Å². The predicted octanol–water partition coefficient (Wildman–Crippen LogP) is 4.46. The standard InChI is InChI=1S/C20H23F3N2O4S2/c1-25(16-7-3-2-4-8-16)31(28,29)17-13-11-15(12-14-17)24-30(26,27)19-10-6-5-9-18(19)20(21,22)23/h5-6,9-14,16,24H,2-4,7-8H2,1H3. The Morgan fingerprint density at radius 1 is 0.903 bits per heavy atom. The van der Waals surface area contributed by atoms with Gasteiger partial charge in [0, 0.05) is 18.8 Å². The Kier molecular flexibility index (Phi) is 6.68. The fourth-order valence-corrected chi connectivity index (χ4v) is 6.35. The second kappa shape index (κ2) is 8.79. The first kappa shape index (κ1) is 23.6. The molecule has 0 aliphatic heterocycles. The molecule has 0 heterocycles. The average Bonchev–Trinajstić information content (AvgIpc) is 2.73. The van der Waals surface area contributed by atoms with Crippen LogP contribution in [0.4, 0.5) is 18.9 Å². The first-order chi connectivity index (χ1) is 14.4. The number of rotatable bonds is 6. The summed E-state index contributed by atoms with van der Waals surface area (Å²) in [6, 6.07) is 8.67. The minimum Gasteiger partial charge on any atom is -0.280 e. The fraction of sp³-hybridized carbons (Fsp3) is 0.400. The minimum absolute atomic E-state index is 0.0146. The van der Waals surface area contributed by atoms with Crippen LogP contribution in [0.5, 0.6) is 0 Å². The average molecular weight is 477 g/mol. The molecule has 31 heavy (non-hydrogen) atoms. The van der Waals surface area contributed by atoms with Gasteiger partial charge in [-0.15, -0.1) is 0 Å². The summed E-state index contributed by atoms with van der Waals surface area (Å²) < 4.78 is 93.7. The van der Waals surface area contributed by atoms with Gasteiger partial charge in [0.25, 0.3) is 10.0 Å². The zero-order valence-corrected chi connectivity index (χ0v) is 18.4. The van der Waals surface area contributed by atoms with Crippen LogP contribution in [0, 0.1) is 0 Å². The molecule has 0 saturated heterocycles. The largest absolute Gasteiger partial charge is 0.417 e. The van der Waals surface area contributed by atoms with Crippen LogP contribution in [-0.2, 0) is 26.2 Å². The van der Waals surface area contributed by atoms with Crippen molar-refractivity contribution >= 4 is 25.7 Å². The second-order valence-electron chi connectivity index (χ2n) is 7.44. The van der Waals surface area contributed by atoms with E-state index in [1.165, 1.54) is 41.7 Å². The van der Waals surface area contributed by atoms with Gasteiger partial charge in [-0.25, -0.2) is 16.8 Å². The molecule has 0 unspecified atom stereocenters. The van der Waals surface area contributed by atoms with Gasteiger partial charge in [0.1, 0.15) is 0 Å². The van der Waals surface area contributed by atoms with E-state index >= 15 is 0 Å². The van der Waals surface area contributed by atoms with Crippen LogP contribution in [0.1, 0.15) is 37.7 Å². The van der Waals surface area contributed by atoms with E-state index in [0.29, 0.717) is 6.07 Å². The van der Waals surface area contributed by atoms with Crippen molar-refractivity contribution in [1.29, 1.82) is 0 Å². The van der Waals surface area contributed by atoms with Crippen LogP contribution in [0.25, 0.3) is 0 Å². The Bertz CT molecular complexity index is 1130. The Morgan fingerprint density at radius 3 is 2.06 bits per heavy atom. The summed E-state index contributed by atoms with van der Waals surface area (Å²) in [7, 11) is -6.78. The van der Waals surface area contributed by atoms with E-state index in [1.807, 2.05) is 0 Å². The highest BCUT2D eigenvalue weighted by molar-refractivity contribution is 7.92. The maximum absolute atomic E-state index is 13.2. The topological polar surface area (TPSA) is 83.6 Å². The van der Waals surface area contributed by atoms with Crippen molar-refractivity contribution < 1.29 is 30.0 Å². The smallest absolute Gasteiger partial charge is 0.280 e. The third kappa shape index (κ3) is 5.21. The van der Waals surface area contributed by atoms with Crippen molar-refractivity contribution in [2.24, 2.45) is 0 Å². The molecule has 0 radical (unpaired) electrons. The summed E-state index contributed by atoms with van der Waals surface area (Å²) >= 11 is 0. The molecule has 0 atom stereocenters. The van der Waals surface area contributed by atoms with Gasteiger partial charge in [-0.2, -0.15) is 17.5 Å². The van der Waals surface area contributed by atoms with Gasteiger partial charge in [-0.1, -0.05) is 31.4 Å².